The number of rotatable bonds is 1. The topological polar surface area (TPSA) is 72.9 Å². The maximum absolute atomic E-state index is 6.07. The fourth-order valence-corrected chi connectivity index (χ4v) is 2.13. The van der Waals surface area contributed by atoms with E-state index in [-0.39, 0.29) is 0 Å². The fourth-order valence-electron chi connectivity index (χ4n) is 2.13. The molecule has 0 spiro atoms. The quantitative estimate of drug-likeness (QED) is 0.753. The molecule has 16 heavy (non-hydrogen) atoms. The monoisotopic (exact) mass is 218 g/mol. The smallest absolute Gasteiger partial charge is 0.185 e. The fraction of sp³-hybridized carbons (Fsp3) is 0.500. The zero-order chi connectivity index (χ0) is 11.0. The van der Waals surface area contributed by atoms with Gasteiger partial charge in [0.1, 0.15) is 12.7 Å². The third kappa shape index (κ3) is 1.37. The summed E-state index contributed by atoms with van der Waals surface area (Å²) in [7, 11) is 0. The van der Waals surface area contributed by atoms with Crippen LogP contribution in [0.2, 0.25) is 0 Å². The van der Waals surface area contributed by atoms with E-state index in [1.807, 2.05) is 4.68 Å². The second-order valence-electron chi connectivity index (χ2n) is 4.03. The van der Waals surface area contributed by atoms with Crippen molar-refractivity contribution >= 4 is 5.82 Å². The lowest BCUT2D eigenvalue weighted by molar-refractivity contribution is 0.477. The number of piperidine rings is 1. The van der Waals surface area contributed by atoms with Gasteiger partial charge in [-0.25, -0.2) is 19.6 Å². The average Bonchev–Trinajstić information content (AvgIpc) is 2.80. The second-order valence-corrected chi connectivity index (χ2v) is 4.03. The Morgan fingerprint density at radius 1 is 1.06 bits per heavy atom. The molecule has 0 aromatic rings. The Labute approximate surface area is 93.4 Å². The molecule has 6 nitrogen and oxygen atoms in total. The highest BCUT2D eigenvalue weighted by Crippen LogP contribution is 2.22. The number of anilines is 1. The molecule has 3 rings (SSSR count). The van der Waals surface area contributed by atoms with E-state index in [0.717, 1.165) is 13.1 Å². The molecule has 3 aliphatic heterocycles. The summed E-state index contributed by atoms with van der Waals surface area (Å²) in [5.74, 6) is 1.25. The summed E-state index contributed by atoms with van der Waals surface area (Å²) in [5, 5.41) is 2.21. The highest BCUT2D eigenvalue weighted by Gasteiger charge is 2.18. The van der Waals surface area contributed by atoms with Crippen molar-refractivity contribution in [3.63, 3.8) is 0 Å². The molecule has 0 aromatic heterocycles. The van der Waals surface area contributed by atoms with Gasteiger partial charge in [-0.05, 0) is 19.3 Å². The molecule has 0 bridgehead atoms. The van der Waals surface area contributed by atoms with Crippen LogP contribution in [-0.4, -0.2) is 32.7 Å². The zero-order valence-corrected chi connectivity index (χ0v) is 9.00. The number of nitrogens with two attached hydrogens (primary N) is 1. The third-order valence-electron chi connectivity index (χ3n) is 2.99. The van der Waals surface area contributed by atoms with Gasteiger partial charge in [-0.15, -0.1) is 0 Å². The van der Waals surface area contributed by atoms with Crippen LogP contribution >= 0.6 is 0 Å². The summed E-state index contributed by atoms with van der Waals surface area (Å²) in [6, 6.07) is 0. The molecule has 0 aliphatic carbocycles. The lowest BCUT2D eigenvalue weighted by Crippen LogP contribution is -2.40. The molecule has 2 N–H and O–H groups in total. The van der Waals surface area contributed by atoms with Gasteiger partial charge in [0.2, 0.25) is 0 Å². The van der Waals surface area contributed by atoms with Crippen molar-refractivity contribution in [3.8, 4) is 11.5 Å². The minimum atomic E-state index is 0.616. The van der Waals surface area contributed by atoms with Gasteiger partial charge in [0.25, 0.3) is 0 Å². The van der Waals surface area contributed by atoms with E-state index >= 15 is 0 Å². The van der Waals surface area contributed by atoms with Gasteiger partial charge in [-0.3, -0.25) is 0 Å². The van der Waals surface area contributed by atoms with Crippen molar-refractivity contribution < 1.29 is 0 Å². The molecule has 1 fully saturated rings. The number of hydrogen-bond donors (Lipinski definition) is 1. The molecule has 6 heteroatoms. The van der Waals surface area contributed by atoms with Crippen molar-refractivity contribution in [2.75, 3.05) is 23.8 Å². The molecule has 0 atom stereocenters. The van der Waals surface area contributed by atoms with E-state index in [9.17, 15) is 0 Å². The Balaban J connectivity index is 2.03. The van der Waals surface area contributed by atoms with Crippen LogP contribution in [0.1, 0.15) is 19.3 Å². The van der Waals surface area contributed by atoms with Crippen LogP contribution in [0, 0.1) is 0 Å². The minimum absolute atomic E-state index is 0.616. The highest BCUT2D eigenvalue weighted by molar-refractivity contribution is 5.64. The van der Waals surface area contributed by atoms with Crippen molar-refractivity contribution in [2.24, 2.45) is 0 Å². The normalized spacial score (nSPS) is 16.9. The molecule has 0 amide bonds. The summed E-state index contributed by atoms with van der Waals surface area (Å²) in [6.07, 6.45) is 6.93. The molecule has 1 saturated heterocycles. The molecule has 3 aliphatic rings. The average molecular weight is 218 g/mol. The first kappa shape index (κ1) is 9.38. The van der Waals surface area contributed by atoms with Gasteiger partial charge >= 0.3 is 0 Å². The molecule has 0 unspecified atom stereocenters. The van der Waals surface area contributed by atoms with Crippen molar-refractivity contribution in [2.45, 2.75) is 19.3 Å². The van der Waals surface area contributed by atoms with Gasteiger partial charge in [0.15, 0.2) is 17.3 Å². The summed E-state index contributed by atoms with van der Waals surface area (Å²) < 4.78 is 1.90. The number of aromatic nitrogens is 4. The number of fused-ring (bicyclic) bond motifs is 1. The first-order valence-electron chi connectivity index (χ1n) is 5.55. The molecule has 0 radical (unpaired) electrons. The van der Waals surface area contributed by atoms with Crippen molar-refractivity contribution in [1.82, 2.24) is 19.6 Å². The Kier molecular flexibility index (Phi) is 2.12. The largest absolute Gasteiger partial charge is 0.382 e. The number of nitrogens with zero attached hydrogens (tertiary/aromatic N) is 5. The number of hydrogen-bond acceptors (Lipinski definition) is 5. The van der Waals surface area contributed by atoms with Crippen LogP contribution in [0.3, 0.4) is 0 Å². The number of nitrogen functional groups attached to an aromatic ring is 1. The lowest BCUT2D eigenvalue weighted by Gasteiger charge is -2.31. The Bertz CT molecular complexity index is 459. The zero-order valence-electron chi connectivity index (χ0n) is 9.00. The van der Waals surface area contributed by atoms with Gasteiger partial charge in [-0.1, -0.05) is 0 Å². The maximum Gasteiger partial charge on any atom is 0.185 e. The van der Waals surface area contributed by atoms with E-state index in [1.165, 1.54) is 25.6 Å². The molecular formula is C10H14N6. The van der Waals surface area contributed by atoms with Gasteiger partial charge in [-0.2, -0.15) is 0 Å². The van der Waals surface area contributed by atoms with E-state index in [2.05, 4.69) is 20.0 Å². The first-order valence-corrected chi connectivity index (χ1v) is 5.55. The van der Waals surface area contributed by atoms with Crippen molar-refractivity contribution in [3.05, 3.63) is 12.7 Å². The third-order valence-corrected chi connectivity index (χ3v) is 2.99. The molecule has 84 valence electrons. The van der Waals surface area contributed by atoms with Gasteiger partial charge < -0.3 is 10.7 Å². The molecule has 3 heterocycles. The lowest BCUT2D eigenvalue weighted by atomic mass is 10.2. The summed E-state index contributed by atoms with van der Waals surface area (Å²) in [5.41, 5.74) is 6.76. The second kappa shape index (κ2) is 3.62. The predicted octanol–water partition coefficient (Wildman–Crippen LogP) is 0.482. The summed E-state index contributed by atoms with van der Waals surface area (Å²) >= 11 is 0. The Morgan fingerprint density at radius 3 is 2.69 bits per heavy atom. The first-order chi connectivity index (χ1) is 7.86. The number of imidazole rings is 1. The summed E-state index contributed by atoms with van der Waals surface area (Å²) in [4.78, 5) is 12.4. The molecule has 0 aromatic carbocycles. The van der Waals surface area contributed by atoms with Crippen LogP contribution in [0.15, 0.2) is 12.7 Å². The summed E-state index contributed by atoms with van der Waals surface area (Å²) in [6.45, 7) is 2.05. The van der Waals surface area contributed by atoms with E-state index in [4.69, 9.17) is 5.73 Å². The van der Waals surface area contributed by atoms with Crippen LogP contribution in [0.5, 0.6) is 0 Å². The minimum Gasteiger partial charge on any atom is -0.382 e. The van der Waals surface area contributed by atoms with Crippen LogP contribution < -0.4 is 10.7 Å². The van der Waals surface area contributed by atoms with Crippen LogP contribution in [0.25, 0.3) is 11.5 Å². The predicted molar refractivity (Wildman–Crippen MR) is 60.7 cm³/mol. The highest BCUT2D eigenvalue weighted by atomic mass is 15.6. The SMILES string of the molecule is Nc1c2ncnc-2ncn1N1CCCCC1. The standard InChI is InChI=1S/C10H14N6/c11-9-8-10(13-6-12-8)14-7-16(9)15-4-2-1-3-5-15/h6-7H,1-5,11H2. The van der Waals surface area contributed by atoms with E-state index in [0.29, 0.717) is 17.3 Å². The molecule has 0 saturated carbocycles. The molecular weight excluding hydrogens is 204 g/mol. The Hall–Kier alpha value is -1.85. The van der Waals surface area contributed by atoms with Crippen molar-refractivity contribution in [1.29, 1.82) is 0 Å². The Morgan fingerprint density at radius 2 is 1.88 bits per heavy atom. The van der Waals surface area contributed by atoms with Gasteiger partial charge in [0.05, 0.1) is 0 Å². The van der Waals surface area contributed by atoms with Crippen LogP contribution in [0.4, 0.5) is 5.82 Å². The maximum atomic E-state index is 6.07. The van der Waals surface area contributed by atoms with E-state index in [1.54, 1.807) is 6.33 Å². The van der Waals surface area contributed by atoms with E-state index < -0.39 is 0 Å². The van der Waals surface area contributed by atoms with Gasteiger partial charge in [0, 0.05) is 13.1 Å². The van der Waals surface area contributed by atoms with Crippen LogP contribution in [-0.2, 0) is 0 Å².